The van der Waals surface area contributed by atoms with Crippen LogP contribution in [0.3, 0.4) is 0 Å². The summed E-state index contributed by atoms with van der Waals surface area (Å²) in [6.07, 6.45) is 1.98. The largest absolute Gasteiger partial charge is 0.457 e. The van der Waals surface area contributed by atoms with Crippen molar-refractivity contribution in [2.24, 2.45) is 5.92 Å². The van der Waals surface area contributed by atoms with Crippen molar-refractivity contribution in [3.05, 3.63) is 59.7 Å². The van der Waals surface area contributed by atoms with Crippen molar-refractivity contribution in [3.63, 3.8) is 0 Å². The number of nitrogens with one attached hydrogen (secondary N) is 1. The van der Waals surface area contributed by atoms with Crippen LogP contribution < -0.4 is 10.1 Å². The molecule has 2 aromatic rings. The van der Waals surface area contributed by atoms with Crippen LogP contribution in [0.15, 0.2) is 48.5 Å². The molecule has 38 heavy (non-hydrogen) atoms. The van der Waals surface area contributed by atoms with Gasteiger partial charge in [-0.2, -0.15) is 5.26 Å². The van der Waals surface area contributed by atoms with Gasteiger partial charge in [0.05, 0.1) is 17.7 Å². The number of likely N-dealkylation sites (tertiary alicyclic amines) is 1. The number of benzene rings is 2. The van der Waals surface area contributed by atoms with Gasteiger partial charge in [0.25, 0.3) is 0 Å². The number of piperidine rings is 1. The Morgan fingerprint density at radius 2 is 1.68 bits per heavy atom. The molecule has 2 saturated heterocycles. The Morgan fingerprint density at radius 3 is 2.24 bits per heavy atom. The lowest BCUT2D eigenvalue weighted by Crippen LogP contribution is -2.74. The quantitative estimate of drug-likeness (QED) is 0.523. The third kappa shape index (κ3) is 5.85. The summed E-state index contributed by atoms with van der Waals surface area (Å²) in [4.78, 5) is 31.0. The first-order valence-corrected chi connectivity index (χ1v) is 13.6. The number of hydrogen-bond acceptors (Lipinski definition) is 6. The second kappa shape index (κ2) is 12.0. The molecule has 2 atom stereocenters. The summed E-state index contributed by atoms with van der Waals surface area (Å²) in [5.74, 6) is 0.966. The van der Waals surface area contributed by atoms with Crippen LogP contribution in [-0.2, 0) is 16.1 Å². The molecule has 202 valence electrons. The lowest BCUT2D eigenvalue weighted by Gasteiger charge is -2.52. The molecule has 2 aliphatic rings. The molecular formula is C30H38N4O4. The number of aliphatic hydroxyl groups excluding tert-OH is 1. The molecule has 0 aliphatic carbocycles. The number of carbonyl (C=O) groups excluding carboxylic acids is 2. The number of amides is 2. The number of hydrogen-bond donors (Lipinski definition) is 2. The van der Waals surface area contributed by atoms with E-state index in [1.807, 2.05) is 38.1 Å². The van der Waals surface area contributed by atoms with E-state index < -0.39 is 17.7 Å². The Morgan fingerprint density at radius 1 is 1.08 bits per heavy atom. The van der Waals surface area contributed by atoms with Crippen molar-refractivity contribution in [1.29, 1.82) is 5.26 Å². The second-order valence-corrected chi connectivity index (χ2v) is 10.7. The van der Waals surface area contributed by atoms with E-state index in [0.717, 1.165) is 30.7 Å². The Balaban J connectivity index is 1.39. The van der Waals surface area contributed by atoms with Gasteiger partial charge in [-0.15, -0.1) is 0 Å². The fourth-order valence-corrected chi connectivity index (χ4v) is 5.33. The Labute approximate surface area is 225 Å². The Kier molecular flexibility index (Phi) is 8.70. The summed E-state index contributed by atoms with van der Waals surface area (Å²) in [6.45, 7) is 8.46. The topological polar surface area (TPSA) is 106 Å². The molecule has 0 saturated carbocycles. The highest BCUT2D eigenvalue weighted by Gasteiger charge is 2.54. The van der Waals surface area contributed by atoms with E-state index in [2.05, 4.69) is 23.2 Å². The van der Waals surface area contributed by atoms with Gasteiger partial charge in [0.2, 0.25) is 11.8 Å². The third-order valence-electron chi connectivity index (χ3n) is 7.75. The molecule has 2 amide bonds. The molecule has 2 fully saturated rings. The van der Waals surface area contributed by atoms with Crippen molar-refractivity contribution >= 4 is 11.8 Å². The SMILES string of the molecule is CCCCN1C(=O)[C@@H]([C@H](O)C(C)C)NC(=O)C12CCN(Cc1ccc(Oc3ccc(C#N)cc3)cc1)CC2. The van der Waals surface area contributed by atoms with Crippen LogP contribution in [0.4, 0.5) is 0 Å². The van der Waals surface area contributed by atoms with Crippen LogP contribution in [0.1, 0.15) is 57.6 Å². The number of rotatable bonds is 9. The summed E-state index contributed by atoms with van der Waals surface area (Å²) < 4.78 is 5.88. The van der Waals surface area contributed by atoms with Crippen molar-refractivity contribution in [1.82, 2.24) is 15.1 Å². The maximum Gasteiger partial charge on any atom is 0.248 e. The zero-order chi connectivity index (χ0) is 27.3. The van der Waals surface area contributed by atoms with Crippen molar-refractivity contribution < 1.29 is 19.4 Å². The smallest absolute Gasteiger partial charge is 0.248 e. The highest BCUT2D eigenvalue weighted by molar-refractivity contribution is 6.00. The number of carbonyl (C=O) groups is 2. The highest BCUT2D eigenvalue weighted by Crippen LogP contribution is 2.35. The minimum absolute atomic E-state index is 0.130. The van der Waals surface area contributed by atoms with Gasteiger partial charge >= 0.3 is 0 Å². The van der Waals surface area contributed by atoms with E-state index >= 15 is 0 Å². The number of aliphatic hydroxyl groups is 1. The molecule has 2 aromatic carbocycles. The Bertz CT molecular complexity index is 1150. The van der Waals surface area contributed by atoms with Crippen molar-refractivity contribution in [3.8, 4) is 17.6 Å². The van der Waals surface area contributed by atoms with Crippen molar-refractivity contribution in [2.75, 3.05) is 19.6 Å². The van der Waals surface area contributed by atoms with E-state index in [1.54, 1.807) is 29.2 Å². The molecule has 2 heterocycles. The van der Waals surface area contributed by atoms with Gasteiger partial charge in [-0.1, -0.05) is 39.3 Å². The van der Waals surface area contributed by atoms with E-state index in [1.165, 1.54) is 0 Å². The standard InChI is InChI=1S/C30H38N4O4/c1-4-5-16-34-28(36)26(27(35)21(2)3)32-29(37)30(34)14-17-33(18-15-30)20-23-8-12-25(13-9-23)38-24-10-6-22(19-31)7-11-24/h6-13,21,26-27,35H,4-5,14-18,20H2,1-3H3,(H,32,37)/t26-,27-/m1/s1. The second-order valence-electron chi connectivity index (χ2n) is 10.7. The molecule has 2 aliphatic heterocycles. The van der Waals surface area contributed by atoms with Crippen molar-refractivity contribution in [2.45, 2.75) is 70.7 Å². The summed E-state index contributed by atoms with van der Waals surface area (Å²) in [5.41, 5.74) is 0.877. The normalized spacial score (nSPS) is 20.3. The van der Waals surface area contributed by atoms with E-state index in [-0.39, 0.29) is 17.7 Å². The monoisotopic (exact) mass is 518 g/mol. The maximum absolute atomic E-state index is 13.5. The lowest BCUT2D eigenvalue weighted by atomic mass is 9.80. The summed E-state index contributed by atoms with van der Waals surface area (Å²) >= 11 is 0. The molecular weight excluding hydrogens is 480 g/mol. The van der Waals surface area contributed by atoms with Gasteiger partial charge in [0.15, 0.2) is 0 Å². The molecule has 2 N–H and O–H groups in total. The van der Waals surface area contributed by atoms with Crippen LogP contribution in [-0.4, -0.2) is 64.0 Å². The van der Waals surface area contributed by atoms with Crippen LogP contribution >= 0.6 is 0 Å². The number of piperazine rings is 1. The lowest BCUT2D eigenvalue weighted by molar-refractivity contribution is -0.165. The minimum atomic E-state index is -0.906. The van der Waals surface area contributed by atoms with Gasteiger partial charge in [0, 0.05) is 26.2 Å². The molecule has 0 aromatic heterocycles. The zero-order valence-electron chi connectivity index (χ0n) is 22.5. The molecule has 0 unspecified atom stereocenters. The average Bonchev–Trinajstić information content (AvgIpc) is 2.93. The molecule has 4 rings (SSSR count). The summed E-state index contributed by atoms with van der Waals surface area (Å²) in [6, 6.07) is 16.1. The van der Waals surface area contributed by atoms with Gasteiger partial charge in [-0.05, 0) is 67.1 Å². The van der Waals surface area contributed by atoms with E-state index in [9.17, 15) is 14.7 Å². The first kappa shape index (κ1) is 27.6. The predicted octanol–water partition coefficient (Wildman–Crippen LogP) is 3.83. The third-order valence-corrected chi connectivity index (χ3v) is 7.75. The number of nitriles is 1. The van der Waals surface area contributed by atoms with Gasteiger partial charge in [-0.3, -0.25) is 14.5 Å². The van der Waals surface area contributed by atoms with Gasteiger partial charge in [0.1, 0.15) is 23.1 Å². The van der Waals surface area contributed by atoms with Crippen LogP contribution in [0.25, 0.3) is 0 Å². The number of unbranched alkanes of at least 4 members (excludes halogenated alkanes) is 1. The zero-order valence-corrected chi connectivity index (χ0v) is 22.5. The van der Waals surface area contributed by atoms with Crippen LogP contribution in [0.5, 0.6) is 11.5 Å². The molecule has 8 nitrogen and oxygen atoms in total. The maximum atomic E-state index is 13.5. The van der Waals surface area contributed by atoms with Crippen LogP contribution in [0, 0.1) is 17.2 Å². The van der Waals surface area contributed by atoms with Crippen LogP contribution in [0.2, 0.25) is 0 Å². The van der Waals surface area contributed by atoms with E-state index in [4.69, 9.17) is 10.00 Å². The highest BCUT2D eigenvalue weighted by atomic mass is 16.5. The summed E-state index contributed by atoms with van der Waals surface area (Å²) in [7, 11) is 0. The molecule has 0 bridgehead atoms. The first-order valence-electron chi connectivity index (χ1n) is 13.6. The predicted molar refractivity (Wildman–Crippen MR) is 144 cm³/mol. The number of ether oxygens (including phenoxy) is 1. The molecule has 8 heteroatoms. The first-order chi connectivity index (χ1) is 18.3. The van der Waals surface area contributed by atoms with Gasteiger partial charge < -0.3 is 20.1 Å². The molecule has 1 spiro atoms. The average molecular weight is 519 g/mol. The number of nitrogens with zero attached hydrogens (tertiary/aromatic N) is 3. The Hall–Kier alpha value is -3.41. The van der Waals surface area contributed by atoms with Gasteiger partial charge in [-0.25, -0.2) is 0 Å². The fourth-order valence-electron chi connectivity index (χ4n) is 5.33. The fraction of sp³-hybridized carbons (Fsp3) is 0.500. The molecule has 0 radical (unpaired) electrons. The van der Waals surface area contributed by atoms with E-state index in [0.29, 0.717) is 43.8 Å². The minimum Gasteiger partial charge on any atom is -0.457 e. The summed E-state index contributed by atoms with van der Waals surface area (Å²) in [5, 5.41) is 22.4.